The lowest BCUT2D eigenvalue weighted by molar-refractivity contribution is -0.726. The number of aromatic nitrogens is 2. The maximum Gasteiger partial charge on any atom is 0.435 e. The molecule has 1 aliphatic heterocycles. The number of hydrazine groups is 1. The highest BCUT2D eigenvalue weighted by molar-refractivity contribution is 7.90. The molecule has 4 rings (SSSR count). The van der Waals surface area contributed by atoms with Crippen molar-refractivity contribution in [3.05, 3.63) is 71.1 Å². The highest BCUT2D eigenvalue weighted by Gasteiger charge is 2.40. The topological polar surface area (TPSA) is 158 Å². The standard InChI is InChI=1S/C25H25F3N6O7S/c1-3-23(35)40-15-41-31-34(37)32-13-18(14-32)24(36)30-42(38,39)20-10-8-19(9-11-20)33-21(12-22(29-33)25(26,27)28)17-6-4-16(2)5-7-17/h4-12,18H,3,13-15H2,1-2H3,(H,30,36)/b34-31+. The second-order valence-electron chi connectivity index (χ2n) is 9.17. The number of sulfonamides is 1. The van der Waals surface area contributed by atoms with E-state index in [1.807, 2.05) is 11.6 Å². The first-order valence-corrected chi connectivity index (χ1v) is 13.9. The second-order valence-corrected chi connectivity index (χ2v) is 10.9. The van der Waals surface area contributed by atoms with Gasteiger partial charge in [0, 0.05) is 12.0 Å². The Morgan fingerprint density at radius 3 is 2.38 bits per heavy atom. The third kappa shape index (κ3) is 6.96. The number of rotatable bonds is 10. The van der Waals surface area contributed by atoms with Gasteiger partial charge in [0.1, 0.15) is 0 Å². The average Bonchev–Trinajstić information content (AvgIpc) is 3.36. The molecule has 1 saturated heterocycles. The fraction of sp³-hybridized carbons (Fsp3) is 0.320. The minimum Gasteiger partial charge on any atom is -0.569 e. The van der Waals surface area contributed by atoms with E-state index in [4.69, 9.17) is 0 Å². The highest BCUT2D eigenvalue weighted by atomic mass is 32.2. The number of ether oxygens (including phenoxy) is 1. The lowest BCUT2D eigenvalue weighted by Crippen LogP contribution is -2.56. The van der Waals surface area contributed by atoms with Crippen LogP contribution in [0.5, 0.6) is 0 Å². The van der Waals surface area contributed by atoms with E-state index >= 15 is 0 Å². The van der Waals surface area contributed by atoms with E-state index in [9.17, 15) is 36.4 Å². The van der Waals surface area contributed by atoms with Gasteiger partial charge < -0.3 is 14.8 Å². The van der Waals surface area contributed by atoms with E-state index in [2.05, 4.69) is 20.0 Å². The van der Waals surface area contributed by atoms with Crippen LogP contribution < -0.4 is 4.72 Å². The monoisotopic (exact) mass is 610 g/mol. The number of hydrogen-bond donors (Lipinski definition) is 1. The largest absolute Gasteiger partial charge is 0.569 e. The maximum absolute atomic E-state index is 13.4. The number of carbonyl (C=O) groups is 2. The molecule has 224 valence electrons. The summed E-state index contributed by atoms with van der Waals surface area (Å²) in [4.78, 5) is 27.8. The lowest BCUT2D eigenvalue weighted by atomic mass is 10.0. The van der Waals surface area contributed by atoms with Crippen LogP contribution in [-0.4, -0.2) is 59.9 Å². The van der Waals surface area contributed by atoms with E-state index in [-0.39, 0.29) is 40.8 Å². The molecule has 2 heterocycles. The first-order valence-electron chi connectivity index (χ1n) is 12.4. The van der Waals surface area contributed by atoms with E-state index in [1.54, 1.807) is 31.2 Å². The molecule has 13 nitrogen and oxygen atoms in total. The molecule has 0 bridgehead atoms. The fourth-order valence-corrected chi connectivity index (χ4v) is 4.81. The quantitative estimate of drug-likeness (QED) is 0.0908. The van der Waals surface area contributed by atoms with Crippen LogP contribution in [0.4, 0.5) is 13.2 Å². The van der Waals surface area contributed by atoms with Crippen molar-refractivity contribution in [2.45, 2.75) is 31.3 Å². The lowest BCUT2D eigenvalue weighted by Gasteiger charge is -2.32. The molecule has 1 aliphatic rings. The Labute approximate surface area is 237 Å². The van der Waals surface area contributed by atoms with Crippen LogP contribution >= 0.6 is 0 Å². The van der Waals surface area contributed by atoms with E-state index in [0.29, 0.717) is 5.56 Å². The summed E-state index contributed by atoms with van der Waals surface area (Å²) in [5.41, 5.74) is 0.567. The third-order valence-corrected chi connectivity index (χ3v) is 7.50. The normalized spacial score (nSPS) is 14.3. The minimum atomic E-state index is -4.71. The van der Waals surface area contributed by atoms with Crippen molar-refractivity contribution in [2.75, 3.05) is 19.9 Å². The van der Waals surface area contributed by atoms with Gasteiger partial charge in [-0.3, -0.25) is 9.59 Å². The van der Waals surface area contributed by atoms with Crippen molar-refractivity contribution in [3.63, 3.8) is 0 Å². The fourth-order valence-electron chi connectivity index (χ4n) is 3.77. The van der Waals surface area contributed by atoms with Gasteiger partial charge in [-0.1, -0.05) is 36.8 Å². The van der Waals surface area contributed by atoms with Crippen LogP contribution in [0.3, 0.4) is 0 Å². The van der Waals surface area contributed by atoms with Gasteiger partial charge >= 0.3 is 12.1 Å². The Bertz CT molecular complexity index is 1580. The molecular weight excluding hydrogens is 585 g/mol. The summed E-state index contributed by atoms with van der Waals surface area (Å²) >= 11 is 0. The third-order valence-electron chi connectivity index (χ3n) is 6.14. The number of nitrogens with zero attached hydrogens (tertiary/aromatic N) is 5. The molecule has 1 amide bonds. The average molecular weight is 611 g/mol. The molecule has 0 atom stereocenters. The molecular formula is C25H25F3N6O7S. The molecule has 1 N–H and O–H groups in total. The van der Waals surface area contributed by atoms with E-state index in [0.717, 1.165) is 33.5 Å². The van der Waals surface area contributed by atoms with Gasteiger partial charge in [0.05, 0.1) is 40.3 Å². The summed E-state index contributed by atoms with van der Waals surface area (Å²) < 4.78 is 73.5. The van der Waals surface area contributed by atoms with Gasteiger partial charge in [-0.15, -0.1) is 5.01 Å². The van der Waals surface area contributed by atoms with Gasteiger partial charge in [-0.05, 0) is 37.3 Å². The van der Waals surface area contributed by atoms with Gasteiger partial charge in [-0.25, -0.2) is 17.8 Å². The molecule has 0 spiro atoms. The minimum absolute atomic E-state index is 0.0428. The number of aryl methyl sites for hydroxylation is 1. The molecule has 17 heteroatoms. The first kappa shape index (κ1) is 30.3. The van der Waals surface area contributed by atoms with Crippen LogP contribution in [0.25, 0.3) is 16.9 Å². The summed E-state index contributed by atoms with van der Waals surface area (Å²) in [6.45, 7) is 2.51. The van der Waals surface area contributed by atoms with E-state index in [1.165, 1.54) is 12.1 Å². The molecule has 0 saturated carbocycles. The Balaban J connectivity index is 1.42. The number of hydrogen-bond acceptors (Lipinski definition) is 9. The zero-order valence-corrected chi connectivity index (χ0v) is 23.1. The van der Waals surface area contributed by atoms with Gasteiger partial charge in [0.2, 0.25) is 11.2 Å². The zero-order valence-electron chi connectivity index (χ0n) is 22.2. The van der Waals surface area contributed by atoms with Crippen LogP contribution in [0.2, 0.25) is 0 Å². The van der Waals surface area contributed by atoms with Crippen molar-refractivity contribution in [2.24, 2.45) is 11.2 Å². The number of nitrogens with one attached hydrogen (secondary N) is 1. The summed E-state index contributed by atoms with van der Waals surface area (Å²) in [5.74, 6) is -2.28. The predicted octanol–water partition coefficient (Wildman–Crippen LogP) is 3.32. The van der Waals surface area contributed by atoms with Gasteiger partial charge in [0.25, 0.3) is 16.8 Å². The second kappa shape index (κ2) is 12.1. The van der Waals surface area contributed by atoms with Gasteiger partial charge in [0.15, 0.2) is 5.69 Å². The molecule has 1 fully saturated rings. The molecule has 3 aromatic rings. The molecule has 0 aliphatic carbocycles. The number of halogens is 3. The molecule has 0 radical (unpaired) electrons. The molecule has 2 aromatic carbocycles. The van der Waals surface area contributed by atoms with Crippen LogP contribution in [0.1, 0.15) is 24.6 Å². The summed E-state index contributed by atoms with van der Waals surface area (Å²) in [7, 11) is -4.35. The van der Waals surface area contributed by atoms with Crippen molar-refractivity contribution in [3.8, 4) is 16.9 Å². The Hall–Kier alpha value is -4.67. The number of esters is 1. The van der Waals surface area contributed by atoms with Crippen molar-refractivity contribution in [1.82, 2.24) is 19.5 Å². The maximum atomic E-state index is 13.4. The predicted molar refractivity (Wildman–Crippen MR) is 138 cm³/mol. The SMILES string of the molecule is CCC(=O)OCO/N=[N+](/[O-])N1CC(C(=O)NS(=O)(=O)c2ccc(-n3nc(C(F)(F)F)cc3-c3ccc(C)cc3)cc2)C1. The number of alkyl halides is 3. The van der Waals surface area contributed by atoms with Crippen LogP contribution in [0, 0.1) is 18.0 Å². The Morgan fingerprint density at radius 2 is 1.79 bits per heavy atom. The number of amides is 1. The van der Waals surface area contributed by atoms with Crippen molar-refractivity contribution < 1.29 is 45.7 Å². The smallest absolute Gasteiger partial charge is 0.435 e. The number of carbonyl (C=O) groups excluding carboxylic acids is 2. The molecule has 0 unspecified atom stereocenters. The highest BCUT2D eigenvalue weighted by Crippen LogP contribution is 2.33. The first-order chi connectivity index (χ1) is 19.8. The molecule has 1 aromatic heterocycles. The zero-order chi connectivity index (χ0) is 30.7. The van der Waals surface area contributed by atoms with E-state index < -0.39 is 46.5 Å². The van der Waals surface area contributed by atoms with Crippen LogP contribution in [-0.2, 0) is 35.4 Å². The van der Waals surface area contributed by atoms with Crippen LogP contribution in [0.15, 0.2) is 64.8 Å². The summed E-state index contributed by atoms with van der Waals surface area (Å²) in [6, 6.07) is 12.5. The summed E-state index contributed by atoms with van der Waals surface area (Å²) in [6.07, 6.45) is -4.59. The summed E-state index contributed by atoms with van der Waals surface area (Å²) in [5, 5.41) is 19.7. The van der Waals surface area contributed by atoms with Gasteiger partial charge in [-0.2, -0.15) is 18.3 Å². The Kier molecular flexibility index (Phi) is 8.70. The number of benzene rings is 2. The molecule has 42 heavy (non-hydrogen) atoms. The Morgan fingerprint density at radius 1 is 1.14 bits per heavy atom. The van der Waals surface area contributed by atoms with Crippen molar-refractivity contribution >= 4 is 21.9 Å². The van der Waals surface area contributed by atoms with Crippen molar-refractivity contribution in [1.29, 1.82) is 0 Å².